The minimum atomic E-state index is -0.647. The number of carbonyl (C=O) groups is 1. The molecule has 6 heteroatoms. The van der Waals surface area contributed by atoms with Crippen molar-refractivity contribution in [3.05, 3.63) is 36.0 Å². The van der Waals surface area contributed by atoms with E-state index in [-0.39, 0.29) is 11.8 Å². The van der Waals surface area contributed by atoms with Gasteiger partial charge in [-0.3, -0.25) is 9.69 Å². The van der Waals surface area contributed by atoms with E-state index in [9.17, 15) is 4.79 Å². The van der Waals surface area contributed by atoms with Crippen molar-refractivity contribution < 1.29 is 4.79 Å². The molecule has 0 saturated carbocycles. The van der Waals surface area contributed by atoms with Gasteiger partial charge >= 0.3 is 0 Å². The maximum Gasteiger partial charge on any atom is 0.256 e. The van der Waals surface area contributed by atoms with Gasteiger partial charge in [0.25, 0.3) is 5.91 Å². The Morgan fingerprint density at radius 1 is 1.33 bits per heavy atom. The lowest BCUT2D eigenvalue weighted by molar-refractivity contribution is -0.130. The first-order valence-electron chi connectivity index (χ1n) is 8.34. The number of hydrogen-bond acceptors (Lipinski definition) is 3. The van der Waals surface area contributed by atoms with Crippen molar-refractivity contribution >= 4 is 34.1 Å². The van der Waals surface area contributed by atoms with Gasteiger partial charge in [0.2, 0.25) is 0 Å². The van der Waals surface area contributed by atoms with E-state index in [2.05, 4.69) is 59.3 Å². The molecule has 2 fully saturated rings. The third-order valence-corrected chi connectivity index (χ3v) is 5.75. The van der Waals surface area contributed by atoms with Crippen LogP contribution in [0.5, 0.6) is 0 Å². The number of para-hydroxylation sites is 1. The third-order valence-electron chi connectivity index (χ3n) is 5.43. The van der Waals surface area contributed by atoms with Crippen molar-refractivity contribution in [2.45, 2.75) is 18.4 Å². The fourth-order valence-electron chi connectivity index (χ4n) is 4.36. The summed E-state index contributed by atoms with van der Waals surface area (Å²) in [4.78, 5) is 17.1. The van der Waals surface area contributed by atoms with Crippen molar-refractivity contribution in [3.8, 4) is 0 Å². The van der Waals surface area contributed by atoms with Crippen molar-refractivity contribution in [1.29, 1.82) is 0 Å². The molecule has 4 rings (SSSR count). The third kappa shape index (κ3) is 1.96. The smallest absolute Gasteiger partial charge is 0.256 e. The number of thiocarbonyl (C=S) groups is 1. The van der Waals surface area contributed by atoms with Crippen molar-refractivity contribution in [2.24, 2.45) is 7.05 Å². The van der Waals surface area contributed by atoms with Crippen LogP contribution >= 0.6 is 12.2 Å². The van der Waals surface area contributed by atoms with E-state index in [1.54, 1.807) is 4.90 Å². The minimum absolute atomic E-state index is 0.0793. The predicted octanol–water partition coefficient (Wildman–Crippen LogP) is 1.68. The van der Waals surface area contributed by atoms with Crippen LogP contribution in [0.25, 0.3) is 10.9 Å². The molecule has 0 aliphatic carbocycles. The topological polar surface area (TPSA) is 40.5 Å². The molecule has 3 heterocycles. The fourth-order valence-corrected chi connectivity index (χ4v) is 4.75. The van der Waals surface area contributed by atoms with Crippen LogP contribution in [0.15, 0.2) is 30.5 Å². The highest BCUT2D eigenvalue weighted by Gasteiger charge is 2.58. The summed E-state index contributed by atoms with van der Waals surface area (Å²) in [7, 11) is 4.13. The van der Waals surface area contributed by atoms with E-state index in [4.69, 9.17) is 12.2 Å². The molecule has 2 aromatic rings. The number of likely N-dealkylation sites (N-methyl/N-ethyl adjacent to an activating group) is 2. The zero-order chi connectivity index (χ0) is 17.1. The normalized spacial score (nSPS) is 27.6. The summed E-state index contributed by atoms with van der Waals surface area (Å²) < 4.78 is 2.14. The zero-order valence-corrected chi connectivity index (χ0v) is 15.1. The number of rotatable bonds is 2. The second kappa shape index (κ2) is 5.29. The van der Waals surface area contributed by atoms with Crippen LogP contribution in [0.4, 0.5) is 0 Å². The molecule has 1 aromatic heterocycles. The first-order valence-corrected chi connectivity index (χ1v) is 8.75. The molecule has 0 bridgehead atoms. The SMILES string of the molecule is CCN1C(=O)[C@@]2(CN(C)C[C@H]2c2cn(C)c3ccccc23)NC1=S. The summed E-state index contributed by atoms with van der Waals surface area (Å²) in [5.41, 5.74) is 1.77. The van der Waals surface area contributed by atoms with E-state index >= 15 is 0 Å². The van der Waals surface area contributed by atoms with Crippen LogP contribution in [-0.4, -0.2) is 57.6 Å². The summed E-state index contributed by atoms with van der Waals surface area (Å²) in [5, 5.41) is 5.17. The zero-order valence-electron chi connectivity index (χ0n) is 14.2. The van der Waals surface area contributed by atoms with Gasteiger partial charge in [-0.25, -0.2) is 0 Å². The monoisotopic (exact) mass is 342 g/mol. The Labute approximate surface area is 147 Å². The van der Waals surface area contributed by atoms with Gasteiger partial charge in [0, 0.05) is 49.7 Å². The number of carbonyl (C=O) groups excluding carboxylic acids is 1. The largest absolute Gasteiger partial charge is 0.350 e. The van der Waals surface area contributed by atoms with Gasteiger partial charge in [-0.15, -0.1) is 0 Å². The lowest BCUT2D eigenvalue weighted by Crippen LogP contribution is -2.52. The summed E-state index contributed by atoms with van der Waals surface area (Å²) in [6.45, 7) is 4.10. The molecule has 2 aliphatic rings. The van der Waals surface area contributed by atoms with Gasteiger partial charge in [-0.2, -0.15) is 0 Å². The van der Waals surface area contributed by atoms with E-state index in [0.717, 1.165) is 6.54 Å². The molecule has 0 radical (unpaired) electrons. The lowest BCUT2D eigenvalue weighted by Gasteiger charge is -2.28. The number of hydrogen-bond donors (Lipinski definition) is 1. The first-order chi connectivity index (χ1) is 11.5. The number of benzene rings is 1. The van der Waals surface area contributed by atoms with E-state index in [1.807, 2.05) is 6.92 Å². The minimum Gasteiger partial charge on any atom is -0.350 e. The van der Waals surface area contributed by atoms with Crippen LogP contribution in [0, 0.1) is 0 Å². The van der Waals surface area contributed by atoms with Gasteiger partial charge in [0.1, 0.15) is 5.54 Å². The standard InChI is InChI=1S/C18H22N4OS/c1-4-22-16(23)18(19-17(22)24)11-20(2)10-14(18)13-9-21(3)15-8-6-5-7-12(13)15/h5-9,14H,4,10-11H2,1-3H3,(H,19,24)/t14-,18-/m0/s1. The van der Waals surface area contributed by atoms with E-state index in [1.165, 1.54) is 16.5 Å². The Hall–Kier alpha value is -1.92. The van der Waals surface area contributed by atoms with Gasteiger partial charge in [0.05, 0.1) is 0 Å². The number of aryl methyl sites for hydroxylation is 1. The molecule has 24 heavy (non-hydrogen) atoms. The molecule has 2 saturated heterocycles. The molecule has 1 N–H and O–H groups in total. The molecule has 2 aliphatic heterocycles. The van der Waals surface area contributed by atoms with E-state index < -0.39 is 5.54 Å². The summed E-state index contributed by atoms with van der Waals surface area (Å²) in [6.07, 6.45) is 2.17. The highest BCUT2D eigenvalue weighted by atomic mass is 32.1. The van der Waals surface area contributed by atoms with Gasteiger partial charge in [0.15, 0.2) is 5.11 Å². The van der Waals surface area contributed by atoms with Crippen LogP contribution in [0.1, 0.15) is 18.4 Å². The predicted molar refractivity (Wildman–Crippen MR) is 99.0 cm³/mol. The van der Waals surface area contributed by atoms with E-state index in [0.29, 0.717) is 18.2 Å². The number of aromatic nitrogens is 1. The molecule has 5 nitrogen and oxygen atoms in total. The molecule has 1 spiro atoms. The number of nitrogens with one attached hydrogen (secondary N) is 1. The average molecular weight is 342 g/mol. The molecule has 0 unspecified atom stereocenters. The van der Waals surface area contributed by atoms with Gasteiger partial charge < -0.3 is 14.8 Å². The quantitative estimate of drug-likeness (QED) is 0.843. The molecular weight excluding hydrogens is 320 g/mol. The van der Waals surface area contributed by atoms with Gasteiger partial charge in [-0.05, 0) is 37.8 Å². The van der Waals surface area contributed by atoms with Crippen molar-refractivity contribution in [2.75, 3.05) is 26.7 Å². The Bertz CT molecular complexity index is 845. The fraction of sp³-hybridized carbons (Fsp3) is 0.444. The van der Waals surface area contributed by atoms with Crippen molar-refractivity contribution in [3.63, 3.8) is 0 Å². The second-order valence-electron chi connectivity index (χ2n) is 6.91. The van der Waals surface area contributed by atoms with Crippen LogP contribution in [0.3, 0.4) is 0 Å². The highest BCUT2D eigenvalue weighted by molar-refractivity contribution is 7.80. The Morgan fingerprint density at radius 3 is 2.79 bits per heavy atom. The highest BCUT2D eigenvalue weighted by Crippen LogP contribution is 2.42. The van der Waals surface area contributed by atoms with Crippen LogP contribution in [0.2, 0.25) is 0 Å². The summed E-state index contributed by atoms with van der Waals surface area (Å²) in [6, 6.07) is 8.38. The Kier molecular flexibility index (Phi) is 3.44. The molecule has 1 aromatic carbocycles. The van der Waals surface area contributed by atoms with Gasteiger partial charge in [-0.1, -0.05) is 18.2 Å². The average Bonchev–Trinajstić information content (AvgIpc) is 3.14. The lowest BCUT2D eigenvalue weighted by atomic mass is 9.81. The van der Waals surface area contributed by atoms with Crippen LogP contribution < -0.4 is 5.32 Å². The summed E-state index contributed by atoms with van der Waals surface area (Å²) in [5.74, 6) is 0.188. The molecule has 2 atom stereocenters. The number of amides is 1. The second-order valence-corrected chi connectivity index (χ2v) is 7.30. The maximum atomic E-state index is 13.2. The first kappa shape index (κ1) is 15.6. The molecule has 1 amide bonds. The molecule has 126 valence electrons. The summed E-state index contributed by atoms with van der Waals surface area (Å²) >= 11 is 5.44. The Balaban J connectivity index is 1.87. The number of fused-ring (bicyclic) bond motifs is 1. The maximum absolute atomic E-state index is 13.2. The van der Waals surface area contributed by atoms with Crippen molar-refractivity contribution in [1.82, 2.24) is 19.7 Å². The van der Waals surface area contributed by atoms with Crippen LogP contribution in [-0.2, 0) is 11.8 Å². The molecular formula is C18H22N4OS. The number of likely N-dealkylation sites (tertiary alicyclic amines) is 1. The Morgan fingerprint density at radius 2 is 2.08 bits per heavy atom. The number of nitrogens with zero attached hydrogens (tertiary/aromatic N) is 3.